The van der Waals surface area contributed by atoms with Crippen LogP contribution in [0.1, 0.15) is 15.9 Å². The molecule has 1 aromatic carbocycles. The summed E-state index contributed by atoms with van der Waals surface area (Å²) in [7, 11) is 1.46. The summed E-state index contributed by atoms with van der Waals surface area (Å²) in [5.74, 6) is -0.336. The van der Waals surface area contributed by atoms with Crippen molar-refractivity contribution in [3.63, 3.8) is 0 Å². The van der Waals surface area contributed by atoms with Gasteiger partial charge in [0, 0.05) is 18.6 Å². The first-order valence-electron chi connectivity index (χ1n) is 5.41. The van der Waals surface area contributed by atoms with Crippen molar-refractivity contribution in [2.24, 2.45) is 0 Å². The minimum Gasteiger partial charge on any atom is -0.383 e. The largest absolute Gasteiger partial charge is 0.416 e. The first-order chi connectivity index (χ1) is 8.88. The summed E-state index contributed by atoms with van der Waals surface area (Å²) in [5, 5.41) is 2.56. The summed E-state index contributed by atoms with van der Waals surface area (Å²) in [5.41, 5.74) is -0.658. The van der Waals surface area contributed by atoms with Gasteiger partial charge in [0.15, 0.2) is 0 Å². The van der Waals surface area contributed by atoms with Crippen LogP contribution < -0.4 is 5.32 Å². The molecule has 0 bridgehead atoms. The molecule has 0 aliphatic rings. The van der Waals surface area contributed by atoms with Gasteiger partial charge >= 0.3 is 6.18 Å². The van der Waals surface area contributed by atoms with E-state index in [0.29, 0.717) is 0 Å². The molecule has 0 heterocycles. The van der Waals surface area contributed by atoms with Gasteiger partial charge in [-0.25, -0.2) is 0 Å². The van der Waals surface area contributed by atoms with E-state index in [4.69, 9.17) is 16.3 Å². The third kappa shape index (κ3) is 4.72. The Morgan fingerprint density at radius 2 is 1.95 bits per heavy atom. The molecule has 0 fully saturated rings. The number of hydrogen-bond donors (Lipinski definition) is 1. The fraction of sp³-hybridized carbons (Fsp3) is 0.417. The lowest BCUT2D eigenvalue weighted by Gasteiger charge is -2.15. The Labute approximate surface area is 113 Å². The third-order valence-corrected chi connectivity index (χ3v) is 2.74. The number of carbonyl (C=O) groups is 1. The molecule has 0 aliphatic heterocycles. The molecule has 106 valence electrons. The van der Waals surface area contributed by atoms with Crippen LogP contribution in [0.15, 0.2) is 24.3 Å². The second kappa shape index (κ2) is 6.77. The quantitative estimate of drug-likeness (QED) is 0.848. The standard InChI is InChI=1S/C12H13ClF3NO2/c1-19-7-10(6-13)17-11(18)8-2-4-9(5-3-8)12(14,15)16/h2-5,10H,6-7H2,1H3,(H,17,18). The number of ether oxygens (including phenoxy) is 1. The minimum absolute atomic E-state index is 0.138. The summed E-state index contributed by atoms with van der Waals surface area (Å²) in [6.45, 7) is 0.232. The van der Waals surface area contributed by atoms with Gasteiger partial charge < -0.3 is 10.1 Å². The van der Waals surface area contributed by atoms with Crippen molar-refractivity contribution in [2.45, 2.75) is 12.2 Å². The number of halogens is 4. The highest BCUT2D eigenvalue weighted by atomic mass is 35.5. The van der Waals surface area contributed by atoms with Crippen LogP contribution in [0.4, 0.5) is 13.2 Å². The monoisotopic (exact) mass is 295 g/mol. The molecule has 1 atom stereocenters. The molecule has 1 amide bonds. The molecule has 0 saturated carbocycles. The van der Waals surface area contributed by atoms with Gasteiger partial charge in [-0.3, -0.25) is 4.79 Å². The van der Waals surface area contributed by atoms with E-state index in [0.717, 1.165) is 24.3 Å². The van der Waals surface area contributed by atoms with Gasteiger partial charge in [-0.15, -0.1) is 11.6 Å². The first-order valence-corrected chi connectivity index (χ1v) is 5.95. The second-order valence-electron chi connectivity index (χ2n) is 3.86. The van der Waals surface area contributed by atoms with Gasteiger partial charge in [-0.1, -0.05) is 0 Å². The van der Waals surface area contributed by atoms with Gasteiger partial charge in [0.05, 0.1) is 18.2 Å². The molecule has 0 aliphatic carbocycles. The zero-order valence-corrected chi connectivity index (χ0v) is 10.9. The SMILES string of the molecule is COCC(CCl)NC(=O)c1ccc(C(F)(F)F)cc1. The van der Waals surface area contributed by atoms with Gasteiger partial charge in [0.25, 0.3) is 5.91 Å². The molecule has 19 heavy (non-hydrogen) atoms. The summed E-state index contributed by atoms with van der Waals surface area (Å²) in [4.78, 5) is 11.7. The zero-order valence-electron chi connectivity index (χ0n) is 10.1. The van der Waals surface area contributed by atoms with E-state index < -0.39 is 17.6 Å². The van der Waals surface area contributed by atoms with E-state index in [1.165, 1.54) is 7.11 Å². The Hall–Kier alpha value is -1.27. The van der Waals surface area contributed by atoms with Crippen molar-refractivity contribution in [1.29, 1.82) is 0 Å². The van der Waals surface area contributed by atoms with Crippen LogP contribution in [-0.2, 0) is 10.9 Å². The van der Waals surface area contributed by atoms with Crippen LogP contribution in [-0.4, -0.2) is 31.5 Å². The normalized spacial score (nSPS) is 13.1. The summed E-state index contributed by atoms with van der Waals surface area (Å²) >= 11 is 5.62. The van der Waals surface area contributed by atoms with Gasteiger partial charge in [-0.05, 0) is 24.3 Å². The molecule has 1 N–H and O–H groups in total. The first kappa shape index (κ1) is 15.8. The van der Waals surface area contributed by atoms with Crippen molar-refractivity contribution in [2.75, 3.05) is 19.6 Å². The lowest BCUT2D eigenvalue weighted by atomic mass is 10.1. The number of nitrogens with one attached hydrogen (secondary N) is 1. The zero-order chi connectivity index (χ0) is 14.5. The molecular weight excluding hydrogens is 283 g/mol. The van der Waals surface area contributed by atoms with Crippen molar-refractivity contribution < 1.29 is 22.7 Å². The Morgan fingerprint density at radius 1 is 1.37 bits per heavy atom. The molecule has 3 nitrogen and oxygen atoms in total. The maximum Gasteiger partial charge on any atom is 0.416 e. The highest BCUT2D eigenvalue weighted by molar-refractivity contribution is 6.18. The molecule has 0 radical (unpaired) electrons. The van der Waals surface area contributed by atoms with Crippen LogP contribution in [0.5, 0.6) is 0 Å². The number of hydrogen-bond acceptors (Lipinski definition) is 2. The van der Waals surface area contributed by atoms with Gasteiger partial charge in [0.1, 0.15) is 0 Å². The van der Waals surface area contributed by atoms with Crippen LogP contribution in [0.3, 0.4) is 0 Å². The third-order valence-electron chi connectivity index (χ3n) is 2.36. The van der Waals surface area contributed by atoms with Gasteiger partial charge in [0.2, 0.25) is 0 Å². The van der Waals surface area contributed by atoms with E-state index in [1.54, 1.807) is 0 Å². The summed E-state index contributed by atoms with van der Waals surface area (Å²) in [6, 6.07) is 3.58. The molecule has 0 saturated heterocycles. The maximum atomic E-state index is 12.4. The van der Waals surface area contributed by atoms with Crippen molar-refractivity contribution in [3.8, 4) is 0 Å². The summed E-state index contributed by atoms with van der Waals surface area (Å²) < 4.78 is 41.9. The Kier molecular flexibility index (Phi) is 5.62. The van der Waals surface area contributed by atoms with E-state index >= 15 is 0 Å². The topological polar surface area (TPSA) is 38.3 Å². The van der Waals surface area contributed by atoms with Crippen LogP contribution in [0.2, 0.25) is 0 Å². The molecule has 0 spiro atoms. The Balaban J connectivity index is 2.73. The van der Waals surface area contributed by atoms with Crippen molar-refractivity contribution in [1.82, 2.24) is 5.32 Å². The molecule has 1 aromatic rings. The predicted molar refractivity (Wildman–Crippen MR) is 65.3 cm³/mol. The number of amides is 1. The minimum atomic E-state index is -4.41. The molecule has 0 aromatic heterocycles. The lowest BCUT2D eigenvalue weighted by Crippen LogP contribution is -2.39. The average molecular weight is 296 g/mol. The Bertz CT molecular complexity index is 420. The van der Waals surface area contributed by atoms with E-state index in [9.17, 15) is 18.0 Å². The highest BCUT2D eigenvalue weighted by Gasteiger charge is 2.30. The lowest BCUT2D eigenvalue weighted by molar-refractivity contribution is -0.137. The van der Waals surface area contributed by atoms with Crippen molar-refractivity contribution >= 4 is 17.5 Å². The fourth-order valence-electron chi connectivity index (χ4n) is 1.41. The van der Waals surface area contributed by atoms with Crippen LogP contribution in [0.25, 0.3) is 0 Å². The Morgan fingerprint density at radius 3 is 2.37 bits per heavy atom. The van der Waals surface area contributed by atoms with E-state index in [-0.39, 0.29) is 24.1 Å². The van der Waals surface area contributed by atoms with E-state index in [2.05, 4.69) is 5.32 Å². The van der Waals surface area contributed by atoms with Gasteiger partial charge in [-0.2, -0.15) is 13.2 Å². The van der Waals surface area contributed by atoms with E-state index in [1.807, 2.05) is 0 Å². The van der Waals surface area contributed by atoms with Crippen LogP contribution in [0, 0.1) is 0 Å². The maximum absolute atomic E-state index is 12.4. The number of alkyl halides is 4. The molecule has 7 heteroatoms. The highest BCUT2D eigenvalue weighted by Crippen LogP contribution is 2.29. The van der Waals surface area contributed by atoms with Crippen LogP contribution >= 0.6 is 11.6 Å². The number of rotatable bonds is 5. The number of benzene rings is 1. The smallest absolute Gasteiger partial charge is 0.383 e. The molecule has 1 rings (SSSR count). The number of carbonyl (C=O) groups excluding carboxylic acids is 1. The van der Waals surface area contributed by atoms with Crippen molar-refractivity contribution in [3.05, 3.63) is 35.4 Å². The fourth-order valence-corrected chi connectivity index (χ4v) is 1.57. The molecule has 1 unspecified atom stereocenters. The summed E-state index contributed by atoms with van der Waals surface area (Å²) in [6.07, 6.45) is -4.41. The molecular formula is C12H13ClF3NO2. The second-order valence-corrected chi connectivity index (χ2v) is 4.16. The average Bonchev–Trinajstić information content (AvgIpc) is 2.37. The predicted octanol–water partition coefficient (Wildman–Crippen LogP) is 2.69. The number of methoxy groups -OCH3 is 1.